The van der Waals surface area contributed by atoms with Crippen LogP contribution >= 0.6 is 11.6 Å². The van der Waals surface area contributed by atoms with Gasteiger partial charge in [0.1, 0.15) is 11.5 Å². The maximum absolute atomic E-state index is 11.3. The van der Waals surface area contributed by atoms with Gasteiger partial charge in [0.05, 0.1) is 16.4 Å². The molecular formula is C14H11ClN2O3. The molecular weight excluding hydrogens is 280 g/mol. The van der Waals surface area contributed by atoms with Crippen molar-refractivity contribution in [2.75, 3.05) is 17.7 Å². The Bertz CT molecular complexity index is 688. The van der Waals surface area contributed by atoms with Gasteiger partial charge < -0.3 is 20.5 Å². The lowest BCUT2D eigenvalue weighted by atomic mass is 10.2. The van der Waals surface area contributed by atoms with Gasteiger partial charge in [-0.3, -0.25) is 4.79 Å². The quantitative estimate of drug-likeness (QED) is 0.834. The zero-order chi connectivity index (χ0) is 14.1. The molecule has 0 saturated heterocycles. The number of anilines is 2. The smallest absolute Gasteiger partial charge is 0.262 e. The lowest BCUT2D eigenvalue weighted by molar-refractivity contribution is -0.118. The largest absolute Gasteiger partial charge is 0.481 e. The Morgan fingerprint density at radius 3 is 2.85 bits per heavy atom. The first-order valence-electron chi connectivity index (χ1n) is 5.92. The van der Waals surface area contributed by atoms with Crippen LogP contribution < -0.4 is 20.5 Å². The molecule has 1 heterocycles. The second-order valence-corrected chi connectivity index (χ2v) is 4.66. The molecule has 3 N–H and O–H groups in total. The number of rotatable bonds is 2. The van der Waals surface area contributed by atoms with Gasteiger partial charge in [0.25, 0.3) is 5.91 Å². The third-order valence-corrected chi connectivity index (χ3v) is 3.11. The van der Waals surface area contributed by atoms with Gasteiger partial charge in [-0.1, -0.05) is 23.7 Å². The Labute approximate surface area is 120 Å². The number of hydrogen-bond donors (Lipinski definition) is 2. The molecule has 0 spiro atoms. The minimum absolute atomic E-state index is 0.0167. The molecule has 2 aromatic carbocycles. The van der Waals surface area contributed by atoms with Gasteiger partial charge in [-0.15, -0.1) is 0 Å². The zero-order valence-corrected chi connectivity index (χ0v) is 11.1. The van der Waals surface area contributed by atoms with Crippen LogP contribution in [0, 0.1) is 0 Å². The monoisotopic (exact) mass is 290 g/mol. The number of halogens is 1. The van der Waals surface area contributed by atoms with Gasteiger partial charge in [0.2, 0.25) is 0 Å². The molecule has 1 aliphatic rings. The number of ether oxygens (including phenoxy) is 2. The van der Waals surface area contributed by atoms with Gasteiger partial charge in [-0.05, 0) is 12.1 Å². The van der Waals surface area contributed by atoms with E-state index in [1.165, 1.54) is 0 Å². The average Bonchev–Trinajstić information content (AvgIpc) is 2.42. The Balaban J connectivity index is 1.96. The van der Waals surface area contributed by atoms with Crippen LogP contribution in [0.5, 0.6) is 17.2 Å². The third-order valence-electron chi connectivity index (χ3n) is 2.80. The summed E-state index contributed by atoms with van der Waals surface area (Å²) in [4.78, 5) is 11.3. The van der Waals surface area contributed by atoms with Crippen LogP contribution in [0.25, 0.3) is 0 Å². The molecule has 0 aromatic heterocycles. The number of fused-ring (bicyclic) bond motifs is 1. The van der Waals surface area contributed by atoms with Gasteiger partial charge >= 0.3 is 0 Å². The molecule has 102 valence electrons. The Hall–Kier alpha value is -2.40. The summed E-state index contributed by atoms with van der Waals surface area (Å²) in [6.45, 7) is -0.0167. The van der Waals surface area contributed by atoms with E-state index in [0.29, 0.717) is 33.6 Å². The third kappa shape index (κ3) is 2.35. The summed E-state index contributed by atoms with van der Waals surface area (Å²) in [6, 6.07) is 10.3. The van der Waals surface area contributed by atoms with Crippen molar-refractivity contribution in [3.05, 3.63) is 41.4 Å². The van der Waals surface area contributed by atoms with E-state index in [1.807, 2.05) is 0 Å². The van der Waals surface area contributed by atoms with E-state index in [2.05, 4.69) is 5.32 Å². The molecule has 0 atom stereocenters. The predicted octanol–water partition coefficient (Wildman–Crippen LogP) is 3.05. The second kappa shape index (κ2) is 4.94. The molecule has 1 aliphatic heterocycles. The minimum Gasteiger partial charge on any atom is -0.481 e. The highest BCUT2D eigenvalue weighted by Crippen LogP contribution is 2.39. The van der Waals surface area contributed by atoms with Gasteiger partial charge in [-0.2, -0.15) is 0 Å². The molecule has 6 heteroatoms. The first-order chi connectivity index (χ1) is 9.63. The molecule has 0 fully saturated rings. The summed E-state index contributed by atoms with van der Waals surface area (Å²) in [5.74, 6) is 1.20. The van der Waals surface area contributed by atoms with Crippen molar-refractivity contribution in [3.8, 4) is 17.2 Å². The molecule has 0 unspecified atom stereocenters. The molecule has 0 bridgehead atoms. The van der Waals surface area contributed by atoms with Crippen LogP contribution in [0.4, 0.5) is 11.4 Å². The van der Waals surface area contributed by atoms with Crippen LogP contribution in [0.3, 0.4) is 0 Å². The molecule has 1 amide bonds. The van der Waals surface area contributed by atoms with E-state index in [1.54, 1.807) is 36.4 Å². The van der Waals surface area contributed by atoms with E-state index in [0.717, 1.165) is 0 Å². The number of carbonyl (C=O) groups excluding carboxylic acids is 1. The summed E-state index contributed by atoms with van der Waals surface area (Å²) in [5.41, 5.74) is 6.84. The minimum atomic E-state index is -0.217. The number of nitrogens with one attached hydrogen (secondary N) is 1. The Morgan fingerprint density at radius 1 is 1.25 bits per heavy atom. The highest BCUT2D eigenvalue weighted by atomic mass is 35.5. The van der Waals surface area contributed by atoms with Gasteiger partial charge in [-0.25, -0.2) is 0 Å². The van der Waals surface area contributed by atoms with E-state index in [9.17, 15) is 4.79 Å². The fraction of sp³-hybridized carbons (Fsp3) is 0.0714. The zero-order valence-electron chi connectivity index (χ0n) is 10.4. The molecule has 2 aromatic rings. The van der Waals surface area contributed by atoms with E-state index in [-0.39, 0.29) is 12.5 Å². The second-order valence-electron chi connectivity index (χ2n) is 4.26. The maximum Gasteiger partial charge on any atom is 0.262 e. The number of benzene rings is 2. The first-order valence-corrected chi connectivity index (χ1v) is 6.30. The lowest BCUT2D eigenvalue weighted by Gasteiger charge is -2.20. The number of amides is 1. The van der Waals surface area contributed by atoms with Crippen molar-refractivity contribution in [3.63, 3.8) is 0 Å². The van der Waals surface area contributed by atoms with Crippen molar-refractivity contribution in [2.45, 2.75) is 0 Å². The average molecular weight is 291 g/mol. The topological polar surface area (TPSA) is 73.6 Å². The number of para-hydroxylation sites is 1. The van der Waals surface area contributed by atoms with Crippen molar-refractivity contribution < 1.29 is 14.3 Å². The van der Waals surface area contributed by atoms with Gasteiger partial charge in [0, 0.05) is 12.1 Å². The van der Waals surface area contributed by atoms with Crippen LogP contribution in [-0.2, 0) is 4.79 Å². The summed E-state index contributed by atoms with van der Waals surface area (Å²) in [7, 11) is 0. The number of carbonyl (C=O) groups is 1. The fourth-order valence-electron chi connectivity index (χ4n) is 1.86. The maximum atomic E-state index is 11.3. The van der Waals surface area contributed by atoms with Crippen molar-refractivity contribution >= 4 is 28.9 Å². The SMILES string of the molecule is Nc1cc2c(cc1Oc1ccccc1Cl)NC(=O)CO2. The highest BCUT2D eigenvalue weighted by Gasteiger charge is 2.19. The molecule has 0 radical (unpaired) electrons. The number of hydrogen-bond acceptors (Lipinski definition) is 4. The Morgan fingerprint density at radius 2 is 2.05 bits per heavy atom. The fourth-order valence-corrected chi connectivity index (χ4v) is 2.03. The Kier molecular flexibility index (Phi) is 3.12. The van der Waals surface area contributed by atoms with Crippen molar-refractivity contribution in [2.24, 2.45) is 0 Å². The summed E-state index contributed by atoms with van der Waals surface area (Å²) < 4.78 is 10.9. The summed E-state index contributed by atoms with van der Waals surface area (Å²) in [5, 5.41) is 3.17. The summed E-state index contributed by atoms with van der Waals surface area (Å²) in [6.07, 6.45) is 0. The van der Waals surface area contributed by atoms with Crippen LogP contribution in [0.15, 0.2) is 36.4 Å². The van der Waals surface area contributed by atoms with E-state index >= 15 is 0 Å². The van der Waals surface area contributed by atoms with Crippen LogP contribution in [0.1, 0.15) is 0 Å². The molecule has 20 heavy (non-hydrogen) atoms. The standard InChI is InChI=1S/C14H11ClN2O3/c15-8-3-1-2-4-11(8)20-12-6-10-13(5-9(12)16)19-7-14(18)17-10/h1-6H,7,16H2,(H,17,18). The molecule has 3 rings (SSSR count). The molecule has 5 nitrogen and oxygen atoms in total. The van der Waals surface area contributed by atoms with E-state index in [4.69, 9.17) is 26.8 Å². The van der Waals surface area contributed by atoms with Crippen molar-refractivity contribution in [1.29, 1.82) is 0 Å². The van der Waals surface area contributed by atoms with Gasteiger partial charge in [0.15, 0.2) is 12.4 Å². The van der Waals surface area contributed by atoms with Crippen LogP contribution in [-0.4, -0.2) is 12.5 Å². The molecule has 0 aliphatic carbocycles. The number of nitrogen functional groups attached to an aromatic ring is 1. The lowest BCUT2D eigenvalue weighted by Crippen LogP contribution is -2.25. The number of nitrogens with two attached hydrogens (primary N) is 1. The molecule has 0 saturated carbocycles. The van der Waals surface area contributed by atoms with Crippen LogP contribution in [0.2, 0.25) is 5.02 Å². The van der Waals surface area contributed by atoms with E-state index < -0.39 is 0 Å². The highest BCUT2D eigenvalue weighted by molar-refractivity contribution is 6.32. The first kappa shape index (κ1) is 12.6. The normalized spacial score (nSPS) is 13.2. The van der Waals surface area contributed by atoms with Crippen molar-refractivity contribution in [1.82, 2.24) is 0 Å². The predicted molar refractivity (Wildman–Crippen MR) is 76.5 cm³/mol. The summed E-state index contributed by atoms with van der Waals surface area (Å²) >= 11 is 6.03.